The Morgan fingerprint density at radius 3 is 2.88 bits per heavy atom. The molecule has 1 aliphatic carbocycles. The van der Waals surface area contributed by atoms with Gasteiger partial charge in [0.05, 0.1) is 13.7 Å². The van der Waals surface area contributed by atoms with Crippen LogP contribution in [-0.4, -0.2) is 18.9 Å². The first-order chi connectivity index (χ1) is 7.83. The second kappa shape index (κ2) is 4.75. The maximum atomic E-state index is 8.38. The molecule has 0 spiro atoms. The molecule has 4 heteroatoms. The highest BCUT2D eigenvalue weighted by molar-refractivity contribution is 5.47. The van der Waals surface area contributed by atoms with Crippen molar-refractivity contribution in [2.45, 2.75) is 12.8 Å². The molecule has 84 valence electrons. The second-order valence-corrected chi connectivity index (χ2v) is 3.83. The summed E-state index contributed by atoms with van der Waals surface area (Å²) in [6.07, 6.45) is 2.51. The molecule has 4 nitrogen and oxygen atoms in total. The lowest BCUT2D eigenvalue weighted by Crippen LogP contribution is -2.00. The van der Waals surface area contributed by atoms with Gasteiger partial charge in [0.15, 0.2) is 11.5 Å². The molecule has 0 amide bonds. The lowest BCUT2D eigenvalue weighted by molar-refractivity contribution is 0.280. The fourth-order valence-corrected chi connectivity index (χ4v) is 1.41. The first kappa shape index (κ1) is 10.6. The van der Waals surface area contributed by atoms with Gasteiger partial charge in [-0.15, -0.1) is 0 Å². The van der Waals surface area contributed by atoms with Gasteiger partial charge in [0.1, 0.15) is 5.56 Å². The van der Waals surface area contributed by atoms with E-state index in [0.29, 0.717) is 17.2 Å². The van der Waals surface area contributed by atoms with Gasteiger partial charge in [-0.25, -0.2) is 0 Å². The second-order valence-electron chi connectivity index (χ2n) is 3.83. The van der Waals surface area contributed by atoms with Crippen LogP contribution in [-0.2, 0) is 0 Å². The normalized spacial score (nSPS) is 13.8. The lowest BCUT2D eigenvalue weighted by Gasteiger charge is -2.09. The van der Waals surface area contributed by atoms with Crippen molar-refractivity contribution < 1.29 is 14.7 Å². The predicted molar refractivity (Wildman–Crippen MR) is 59.3 cm³/mol. The van der Waals surface area contributed by atoms with Crippen LogP contribution in [0.25, 0.3) is 5.01 Å². The molecule has 1 saturated carbocycles. The van der Waals surface area contributed by atoms with E-state index in [1.165, 1.54) is 12.8 Å². The average Bonchev–Trinajstić information content (AvgIpc) is 3.11. The van der Waals surface area contributed by atoms with Crippen molar-refractivity contribution in [1.82, 2.24) is 0 Å². The monoisotopic (exact) mass is 220 g/mol. The zero-order chi connectivity index (χ0) is 11.4. The zero-order valence-electron chi connectivity index (χ0n) is 9.14. The molecule has 1 aromatic carbocycles. The fraction of sp³-hybridized carbons (Fsp3) is 0.417. The molecular weight excluding hydrogens is 206 g/mol. The summed E-state index contributed by atoms with van der Waals surface area (Å²) in [5.74, 6) is 2.06. The van der Waals surface area contributed by atoms with Crippen LogP contribution in [0.4, 0.5) is 0 Å². The van der Waals surface area contributed by atoms with Crippen LogP contribution in [0.1, 0.15) is 18.4 Å². The number of nitrogens with zero attached hydrogens (tertiary/aromatic N) is 1. The Bertz CT molecular complexity index is 430. The first-order valence-corrected chi connectivity index (χ1v) is 5.24. The molecule has 0 bridgehead atoms. The van der Waals surface area contributed by atoms with Gasteiger partial charge in [0.2, 0.25) is 5.01 Å². The van der Waals surface area contributed by atoms with Gasteiger partial charge in [0, 0.05) is 6.07 Å². The van der Waals surface area contributed by atoms with E-state index in [0.717, 1.165) is 12.4 Å². The van der Waals surface area contributed by atoms with Gasteiger partial charge in [0.25, 0.3) is 0 Å². The summed E-state index contributed by atoms with van der Waals surface area (Å²) < 4.78 is 10.8. The van der Waals surface area contributed by atoms with Crippen LogP contribution in [0.3, 0.4) is 0 Å². The Labute approximate surface area is 94.2 Å². The summed E-state index contributed by atoms with van der Waals surface area (Å²) in [7, 11) is 1.58. The van der Waals surface area contributed by atoms with Gasteiger partial charge in [-0.3, -0.25) is 0 Å². The van der Waals surface area contributed by atoms with Crippen LogP contribution < -0.4 is 9.47 Å². The minimum atomic E-state index is 0.634. The average molecular weight is 220 g/mol. The van der Waals surface area contributed by atoms with Crippen LogP contribution in [0, 0.1) is 12.0 Å². The van der Waals surface area contributed by atoms with E-state index in [1.54, 1.807) is 25.3 Å². The molecule has 0 radical (unpaired) electrons. The first-order valence-electron chi connectivity index (χ1n) is 5.24. The Morgan fingerprint density at radius 2 is 2.25 bits per heavy atom. The van der Waals surface area contributed by atoms with Crippen molar-refractivity contribution in [2.24, 2.45) is 5.92 Å². The third-order valence-electron chi connectivity index (χ3n) is 2.51. The molecule has 1 aromatic rings. The Morgan fingerprint density at radius 1 is 1.44 bits per heavy atom. The Hall–Kier alpha value is -1.89. The van der Waals surface area contributed by atoms with Gasteiger partial charge >= 0.3 is 6.07 Å². The highest BCUT2D eigenvalue weighted by Gasteiger charge is 2.22. The summed E-state index contributed by atoms with van der Waals surface area (Å²) in [6, 6.07) is 7.72. The predicted octanol–water partition coefficient (Wildman–Crippen LogP) is 2.55. The third-order valence-corrected chi connectivity index (χ3v) is 2.51. The van der Waals surface area contributed by atoms with Crippen molar-refractivity contribution >= 4 is 0 Å². The molecule has 0 heterocycles. The smallest absolute Gasteiger partial charge is 0.388 e. The number of hydrogen-bond acceptors (Lipinski definition) is 3. The third kappa shape index (κ3) is 2.57. The van der Waals surface area contributed by atoms with Crippen molar-refractivity contribution in [3.63, 3.8) is 0 Å². The Balaban J connectivity index is 2.11. The molecule has 1 fully saturated rings. The number of benzene rings is 1. The molecule has 0 unspecified atom stereocenters. The highest BCUT2D eigenvalue weighted by atomic mass is 16.5. The summed E-state index contributed by atoms with van der Waals surface area (Å²) in [4.78, 5) is 0. The SMILES string of the molecule is COc1cc(C#[N+]O)ccc1OCC1CC1. The molecule has 0 atom stereocenters. The fourth-order valence-electron chi connectivity index (χ4n) is 1.41. The molecule has 0 aliphatic heterocycles. The number of rotatable bonds is 4. The minimum absolute atomic E-state index is 0.634. The maximum absolute atomic E-state index is 8.38. The lowest BCUT2D eigenvalue weighted by atomic mass is 10.2. The standard InChI is InChI=1S/C12H13NO3/c1-15-12-6-10(7-13-14)4-5-11(12)16-8-9-2-3-9/h4-6,9H,2-3,8H2,1H3/p+1. The van der Waals surface area contributed by atoms with E-state index in [-0.39, 0.29) is 0 Å². The van der Waals surface area contributed by atoms with E-state index < -0.39 is 0 Å². The molecular formula is C12H14NO3+. The van der Waals surface area contributed by atoms with Crippen molar-refractivity contribution in [3.05, 3.63) is 28.8 Å². The molecule has 2 rings (SSSR count). The number of ether oxygens (including phenoxy) is 2. The Kier molecular flexibility index (Phi) is 3.16. The number of methoxy groups -OCH3 is 1. The number of hydrogen-bond donors (Lipinski definition) is 1. The van der Waals surface area contributed by atoms with Crippen LogP contribution >= 0.6 is 0 Å². The van der Waals surface area contributed by atoms with Gasteiger partial charge in [-0.05, 0) is 30.9 Å². The van der Waals surface area contributed by atoms with Crippen molar-refractivity contribution in [1.29, 1.82) is 0 Å². The molecule has 0 aromatic heterocycles. The van der Waals surface area contributed by atoms with E-state index in [1.807, 2.05) is 0 Å². The van der Waals surface area contributed by atoms with Crippen LogP contribution in [0.5, 0.6) is 11.5 Å². The quantitative estimate of drug-likeness (QED) is 0.793. The van der Waals surface area contributed by atoms with Crippen LogP contribution in [0.2, 0.25) is 0 Å². The van der Waals surface area contributed by atoms with Crippen molar-refractivity contribution in [2.75, 3.05) is 13.7 Å². The maximum Gasteiger partial charge on any atom is 0.388 e. The van der Waals surface area contributed by atoms with Crippen LogP contribution in [0.15, 0.2) is 18.2 Å². The summed E-state index contributed by atoms with van der Waals surface area (Å²) >= 11 is 0. The largest absolute Gasteiger partial charge is 0.493 e. The minimum Gasteiger partial charge on any atom is -0.493 e. The summed E-state index contributed by atoms with van der Waals surface area (Å²) in [5, 5.41) is 11.2. The molecule has 1 aliphatic rings. The topological polar surface area (TPSA) is 43.0 Å². The van der Waals surface area contributed by atoms with Gasteiger partial charge in [-0.2, -0.15) is 5.21 Å². The zero-order valence-corrected chi connectivity index (χ0v) is 9.14. The molecule has 1 N–H and O–H groups in total. The summed E-state index contributed by atoms with van der Waals surface area (Å²) in [6.45, 7) is 0.744. The van der Waals surface area contributed by atoms with Crippen molar-refractivity contribution in [3.8, 4) is 17.6 Å². The van der Waals surface area contributed by atoms with E-state index in [2.05, 4.69) is 11.1 Å². The van der Waals surface area contributed by atoms with E-state index in [9.17, 15) is 0 Å². The molecule has 16 heavy (non-hydrogen) atoms. The van der Waals surface area contributed by atoms with E-state index >= 15 is 0 Å². The summed E-state index contributed by atoms with van der Waals surface area (Å²) in [5.41, 5.74) is 0.651. The van der Waals surface area contributed by atoms with Gasteiger partial charge < -0.3 is 9.47 Å². The highest BCUT2D eigenvalue weighted by Crippen LogP contribution is 2.33. The molecule has 0 saturated heterocycles. The van der Waals surface area contributed by atoms with E-state index in [4.69, 9.17) is 14.7 Å². The van der Waals surface area contributed by atoms with Gasteiger partial charge in [-0.1, -0.05) is 0 Å².